The van der Waals surface area contributed by atoms with Gasteiger partial charge in [0.2, 0.25) is 11.8 Å². The van der Waals surface area contributed by atoms with Crippen molar-refractivity contribution < 1.29 is 24.1 Å². The van der Waals surface area contributed by atoms with Gasteiger partial charge in [-0.25, -0.2) is 9.88 Å². The zero-order valence-electron chi connectivity index (χ0n) is 17.3. The van der Waals surface area contributed by atoms with Crippen LogP contribution in [0.5, 0.6) is 0 Å². The summed E-state index contributed by atoms with van der Waals surface area (Å²) < 4.78 is 6.11. The molecule has 0 N–H and O–H groups in total. The van der Waals surface area contributed by atoms with Crippen LogP contribution >= 0.6 is 0 Å². The molecule has 168 valence electrons. The first kappa shape index (κ1) is 19.2. The first-order valence-electron chi connectivity index (χ1n) is 10.8. The number of aromatic nitrogens is 2. The highest BCUT2D eigenvalue weighted by molar-refractivity contribution is 6.23. The Morgan fingerprint density at radius 1 is 0.882 bits per heavy atom. The van der Waals surface area contributed by atoms with E-state index in [1.165, 1.54) is 24.3 Å². The van der Waals surface area contributed by atoms with Gasteiger partial charge < -0.3 is 9.57 Å². The van der Waals surface area contributed by atoms with Gasteiger partial charge in [-0.2, -0.15) is 0 Å². The van der Waals surface area contributed by atoms with Crippen LogP contribution in [-0.4, -0.2) is 50.7 Å². The normalized spacial score (nSPS) is 30.9. The van der Waals surface area contributed by atoms with Gasteiger partial charge in [0.25, 0.3) is 5.69 Å². The molecule has 34 heavy (non-hydrogen) atoms. The topological polar surface area (TPSA) is 137 Å². The van der Waals surface area contributed by atoms with Crippen molar-refractivity contribution in [2.24, 2.45) is 22.9 Å². The molecule has 4 aliphatic rings. The van der Waals surface area contributed by atoms with Gasteiger partial charge in [-0.1, -0.05) is 17.3 Å². The van der Waals surface area contributed by atoms with Crippen LogP contribution in [0.3, 0.4) is 0 Å². The van der Waals surface area contributed by atoms with Gasteiger partial charge in [-0.3, -0.25) is 24.7 Å². The van der Waals surface area contributed by atoms with Crippen molar-refractivity contribution in [3.8, 4) is 0 Å². The molecule has 1 aromatic heterocycles. The summed E-state index contributed by atoms with van der Waals surface area (Å²) in [4.78, 5) is 53.0. The number of rotatable bonds is 3. The standard InChI is InChI=1S/C23H15N5O6/c29-22-15-16(23(30)27(22)10-5-7-11(8-6-10)28(31)32)20-21-17(19(15)33-20)18(26-34-21)14-9-24-12-3-1-2-4-13(12)25-14/h1-9,15-17,19-21H. The van der Waals surface area contributed by atoms with E-state index >= 15 is 0 Å². The van der Waals surface area contributed by atoms with Crippen molar-refractivity contribution >= 4 is 39.9 Å². The van der Waals surface area contributed by atoms with E-state index in [4.69, 9.17) is 9.57 Å². The number of hydrogen-bond donors (Lipinski definition) is 0. The van der Waals surface area contributed by atoms with Crippen LogP contribution in [0.1, 0.15) is 5.69 Å². The highest BCUT2D eigenvalue weighted by Gasteiger charge is 2.72. The molecule has 0 radical (unpaired) electrons. The summed E-state index contributed by atoms with van der Waals surface area (Å²) in [5.74, 6) is -2.50. The van der Waals surface area contributed by atoms with Crippen LogP contribution in [0, 0.1) is 27.9 Å². The summed E-state index contributed by atoms with van der Waals surface area (Å²) in [6.07, 6.45) is -0.0764. The molecule has 0 spiro atoms. The highest BCUT2D eigenvalue weighted by atomic mass is 16.7. The molecule has 3 aromatic rings. The smallest absolute Gasteiger partial charge is 0.269 e. The monoisotopic (exact) mass is 457 g/mol. The Hall–Kier alpha value is -4.25. The fourth-order valence-electron chi connectivity index (χ4n) is 5.63. The van der Waals surface area contributed by atoms with Crippen LogP contribution in [-0.2, 0) is 19.2 Å². The minimum absolute atomic E-state index is 0.119. The minimum atomic E-state index is -0.689. The van der Waals surface area contributed by atoms with Gasteiger partial charge >= 0.3 is 0 Å². The summed E-state index contributed by atoms with van der Waals surface area (Å²) in [5.41, 5.74) is 2.75. The zero-order valence-corrected chi connectivity index (χ0v) is 17.3. The average molecular weight is 457 g/mol. The van der Waals surface area contributed by atoms with Crippen molar-refractivity contribution in [2.75, 3.05) is 4.90 Å². The SMILES string of the molecule is O=C1C2C3OC(C4C(c5cnc6ccccc6n5)=NOC34)C2C(=O)N1c1ccc([N+](=O)[O-])cc1. The number of anilines is 1. The third-order valence-electron chi connectivity index (χ3n) is 7.07. The Kier molecular flexibility index (Phi) is 3.76. The lowest BCUT2D eigenvalue weighted by molar-refractivity contribution is -0.384. The van der Waals surface area contributed by atoms with E-state index in [2.05, 4.69) is 15.1 Å². The zero-order chi connectivity index (χ0) is 23.1. The number of benzene rings is 2. The lowest BCUT2D eigenvalue weighted by atomic mass is 9.72. The molecule has 11 nitrogen and oxygen atoms in total. The van der Waals surface area contributed by atoms with E-state index in [1.54, 1.807) is 6.20 Å². The molecule has 6 unspecified atom stereocenters. The molecule has 5 heterocycles. The molecule has 2 bridgehead atoms. The van der Waals surface area contributed by atoms with Crippen molar-refractivity contribution in [1.82, 2.24) is 9.97 Å². The van der Waals surface area contributed by atoms with Gasteiger partial charge in [-0.05, 0) is 24.3 Å². The van der Waals surface area contributed by atoms with E-state index in [9.17, 15) is 19.7 Å². The van der Waals surface area contributed by atoms with Crippen molar-refractivity contribution in [1.29, 1.82) is 0 Å². The highest BCUT2D eigenvalue weighted by Crippen LogP contribution is 2.55. The number of nitro groups is 1. The molecule has 0 aliphatic carbocycles. The maximum atomic E-state index is 13.4. The Balaban J connectivity index is 1.22. The Bertz CT molecular complexity index is 1440. The predicted molar refractivity (Wildman–Crippen MR) is 116 cm³/mol. The molecular weight excluding hydrogens is 442 g/mol. The van der Waals surface area contributed by atoms with Crippen LogP contribution in [0.25, 0.3) is 11.0 Å². The second kappa shape index (κ2) is 6.64. The van der Waals surface area contributed by atoms with E-state index in [1.807, 2.05) is 24.3 Å². The number of non-ortho nitro benzene ring substituents is 1. The van der Waals surface area contributed by atoms with Gasteiger partial charge in [0.15, 0.2) is 6.10 Å². The van der Waals surface area contributed by atoms with E-state index in [0.717, 1.165) is 10.4 Å². The fourth-order valence-corrected chi connectivity index (χ4v) is 5.63. The summed E-state index contributed by atoms with van der Waals surface area (Å²) in [5, 5.41) is 15.2. The number of carbonyl (C=O) groups is 2. The predicted octanol–water partition coefficient (Wildman–Crippen LogP) is 1.84. The third kappa shape index (κ3) is 2.41. The summed E-state index contributed by atoms with van der Waals surface area (Å²) >= 11 is 0. The number of nitrogens with zero attached hydrogens (tertiary/aromatic N) is 5. The number of fused-ring (bicyclic) bond motifs is 9. The third-order valence-corrected chi connectivity index (χ3v) is 7.07. The number of imide groups is 1. The van der Waals surface area contributed by atoms with Gasteiger partial charge in [0.1, 0.15) is 17.5 Å². The maximum absolute atomic E-state index is 13.4. The number of carbonyl (C=O) groups excluding carboxylic acids is 2. The number of hydrogen-bond acceptors (Lipinski definition) is 9. The Morgan fingerprint density at radius 2 is 1.59 bits per heavy atom. The van der Waals surface area contributed by atoms with E-state index < -0.39 is 41.0 Å². The molecule has 11 heteroatoms. The largest absolute Gasteiger partial charge is 0.389 e. The molecule has 2 aromatic carbocycles. The lowest BCUT2D eigenvalue weighted by Crippen LogP contribution is -2.45. The molecular formula is C23H15N5O6. The summed E-state index contributed by atoms with van der Waals surface area (Å²) in [6.45, 7) is 0. The lowest BCUT2D eigenvalue weighted by Gasteiger charge is -2.25. The van der Waals surface area contributed by atoms with Gasteiger partial charge in [0, 0.05) is 12.1 Å². The van der Waals surface area contributed by atoms with Crippen LogP contribution in [0.15, 0.2) is 59.9 Å². The van der Waals surface area contributed by atoms with Gasteiger partial charge in [-0.15, -0.1) is 0 Å². The molecule has 4 aliphatic heterocycles. The van der Waals surface area contributed by atoms with E-state index in [-0.39, 0.29) is 17.5 Å². The molecule has 3 fully saturated rings. The quantitative estimate of drug-likeness (QED) is 0.330. The van der Waals surface area contributed by atoms with Crippen molar-refractivity contribution in [3.05, 3.63) is 70.5 Å². The molecule has 0 saturated carbocycles. The minimum Gasteiger partial charge on any atom is -0.389 e. The second-order valence-electron chi connectivity index (χ2n) is 8.72. The molecule has 2 amide bonds. The number of amides is 2. The first-order valence-corrected chi connectivity index (χ1v) is 10.8. The first-order chi connectivity index (χ1) is 16.5. The van der Waals surface area contributed by atoms with Crippen LogP contribution in [0.4, 0.5) is 11.4 Å². The van der Waals surface area contributed by atoms with Crippen LogP contribution < -0.4 is 4.90 Å². The number of nitro benzene ring substituents is 1. The molecule has 7 rings (SSSR count). The van der Waals surface area contributed by atoms with Gasteiger partial charge in [0.05, 0.1) is 51.7 Å². The fraction of sp³-hybridized carbons (Fsp3) is 0.261. The summed E-state index contributed by atoms with van der Waals surface area (Å²) in [7, 11) is 0. The second-order valence-corrected chi connectivity index (χ2v) is 8.72. The average Bonchev–Trinajstić information content (AvgIpc) is 3.59. The molecule has 3 saturated heterocycles. The van der Waals surface area contributed by atoms with Crippen LogP contribution in [0.2, 0.25) is 0 Å². The number of oxime groups is 1. The van der Waals surface area contributed by atoms with Crippen molar-refractivity contribution in [3.63, 3.8) is 0 Å². The Labute approximate surface area is 191 Å². The molecule has 6 atom stereocenters. The van der Waals surface area contributed by atoms with Crippen molar-refractivity contribution in [2.45, 2.75) is 18.3 Å². The Morgan fingerprint density at radius 3 is 2.32 bits per heavy atom. The number of para-hydroxylation sites is 2. The number of ether oxygens (including phenoxy) is 1. The summed E-state index contributed by atoms with van der Waals surface area (Å²) in [6, 6.07) is 12.8. The van der Waals surface area contributed by atoms with E-state index in [0.29, 0.717) is 22.6 Å². The maximum Gasteiger partial charge on any atom is 0.269 e.